The van der Waals surface area contributed by atoms with Gasteiger partial charge in [-0.2, -0.15) is 0 Å². The number of methoxy groups -OCH3 is 2. The lowest BCUT2D eigenvalue weighted by Gasteiger charge is -2.18. The van der Waals surface area contributed by atoms with E-state index in [4.69, 9.17) is 9.47 Å². The third kappa shape index (κ3) is 3.21. The van der Waals surface area contributed by atoms with Crippen molar-refractivity contribution in [2.75, 3.05) is 33.1 Å². The van der Waals surface area contributed by atoms with Gasteiger partial charge >= 0.3 is 0 Å². The van der Waals surface area contributed by atoms with Crippen LogP contribution in [0.4, 0.5) is 5.69 Å². The van der Waals surface area contributed by atoms with Crippen LogP contribution in [0.2, 0.25) is 0 Å². The molecule has 6 nitrogen and oxygen atoms in total. The maximum absolute atomic E-state index is 12.2. The number of ether oxygens (including phenoxy) is 2. The minimum atomic E-state index is -0.160. The average Bonchev–Trinajstić information content (AvgIpc) is 2.81. The molecule has 0 saturated carbocycles. The van der Waals surface area contributed by atoms with Gasteiger partial charge in [0.05, 0.1) is 31.1 Å². The minimum Gasteiger partial charge on any atom is -0.481 e. The summed E-state index contributed by atoms with van der Waals surface area (Å²) < 4.78 is 10.3. The van der Waals surface area contributed by atoms with Gasteiger partial charge in [-0.25, -0.2) is 4.98 Å². The van der Waals surface area contributed by atoms with Gasteiger partial charge in [0.25, 0.3) is 0 Å². The largest absolute Gasteiger partial charge is 0.481 e. The van der Waals surface area contributed by atoms with E-state index in [1.165, 1.54) is 0 Å². The number of anilines is 1. The first-order valence-electron chi connectivity index (χ1n) is 6.18. The fourth-order valence-electron chi connectivity index (χ4n) is 2.23. The Morgan fingerprint density at radius 2 is 2.26 bits per heavy atom. The molecule has 2 atom stereocenters. The molecule has 0 radical (unpaired) electrons. The van der Waals surface area contributed by atoms with Gasteiger partial charge < -0.3 is 14.8 Å². The Morgan fingerprint density at radius 1 is 1.47 bits per heavy atom. The number of nitrogens with one attached hydrogen (secondary N) is 1. The highest BCUT2D eigenvalue weighted by Gasteiger charge is 2.34. The Bertz CT molecular complexity index is 435. The van der Waals surface area contributed by atoms with Crippen LogP contribution < -0.4 is 10.1 Å². The molecule has 104 valence electrons. The van der Waals surface area contributed by atoms with Gasteiger partial charge in [0.15, 0.2) is 0 Å². The highest BCUT2D eigenvalue weighted by atomic mass is 16.5. The average molecular weight is 265 g/mol. The maximum atomic E-state index is 12.2. The molecule has 0 spiro atoms. The van der Waals surface area contributed by atoms with Crippen LogP contribution in [0, 0.1) is 0 Å². The fourth-order valence-corrected chi connectivity index (χ4v) is 2.23. The Balaban J connectivity index is 1.96. The molecule has 6 heteroatoms. The summed E-state index contributed by atoms with van der Waals surface area (Å²) >= 11 is 0. The van der Waals surface area contributed by atoms with Crippen molar-refractivity contribution in [3.63, 3.8) is 0 Å². The maximum Gasteiger partial charge on any atom is 0.241 e. The van der Waals surface area contributed by atoms with Crippen molar-refractivity contribution in [3.05, 3.63) is 18.3 Å². The zero-order chi connectivity index (χ0) is 13.8. The number of rotatable bonds is 4. The van der Waals surface area contributed by atoms with Crippen molar-refractivity contribution < 1.29 is 14.3 Å². The third-order valence-electron chi connectivity index (χ3n) is 3.36. The Labute approximate surface area is 112 Å². The van der Waals surface area contributed by atoms with Crippen LogP contribution in [0.3, 0.4) is 0 Å². The second kappa shape index (κ2) is 5.99. The van der Waals surface area contributed by atoms with Gasteiger partial charge in [-0.1, -0.05) is 0 Å². The highest BCUT2D eigenvalue weighted by Crippen LogP contribution is 2.20. The number of carbonyl (C=O) groups is 1. The normalized spacial score (nSPS) is 23.3. The number of hydrogen-bond donors (Lipinski definition) is 1. The van der Waals surface area contributed by atoms with Crippen LogP contribution in [0.5, 0.6) is 5.88 Å². The van der Waals surface area contributed by atoms with Gasteiger partial charge in [-0.05, 0) is 19.5 Å². The van der Waals surface area contributed by atoms with Crippen LogP contribution in [-0.2, 0) is 9.53 Å². The smallest absolute Gasteiger partial charge is 0.241 e. The summed E-state index contributed by atoms with van der Waals surface area (Å²) in [5.41, 5.74) is 0.667. The lowest BCUT2D eigenvalue weighted by molar-refractivity contribution is -0.120. The van der Waals surface area contributed by atoms with Crippen molar-refractivity contribution in [1.82, 2.24) is 9.88 Å². The van der Waals surface area contributed by atoms with Crippen molar-refractivity contribution in [3.8, 4) is 5.88 Å². The van der Waals surface area contributed by atoms with E-state index in [0.717, 1.165) is 6.54 Å². The molecule has 2 heterocycles. The molecule has 2 rings (SSSR count). The first kappa shape index (κ1) is 13.8. The predicted octanol–water partition coefficient (Wildman–Crippen LogP) is 0.748. The zero-order valence-electron chi connectivity index (χ0n) is 11.4. The quantitative estimate of drug-likeness (QED) is 0.870. The van der Waals surface area contributed by atoms with E-state index >= 15 is 0 Å². The van der Waals surface area contributed by atoms with Crippen molar-refractivity contribution in [2.45, 2.75) is 18.6 Å². The number of hydrogen-bond acceptors (Lipinski definition) is 5. The summed E-state index contributed by atoms with van der Waals surface area (Å²) in [5, 5.41) is 2.86. The van der Waals surface area contributed by atoms with Crippen molar-refractivity contribution >= 4 is 11.6 Å². The Hall–Kier alpha value is -1.66. The Morgan fingerprint density at radius 3 is 2.79 bits per heavy atom. The second-order valence-corrected chi connectivity index (χ2v) is 4.63. The first-order valence-corrected chi connectivity index (χ1v) is 6.18. The molecule has 1 N–H and O–H groups in total. The molecule has 0 bridgehead atoms. The van der Waals surface area contributed by atoms with Crippen molar-refractivity contribution in [1.29, 1.82) is 0 Å². The number of likely N-dealkylation sites (N-methyl/N-ethyl adjacent to an activating group) is 1. The molecule has 1 fully saturated rings. The van der Waals surface area contributed by atoms with Gasteiger partial charge in [-0.3, -0.25) is 9.69 Å². The number of amides is 1. The molecule has 1 amide bonds. The van der Waals surface area contributed by atoms with E-state index < -0.39 is 0 Å². The van der Waals surface area contributed by atoms with Gasteiger partial charge in [0.2, 0.25) is 11.8 Å². The number of nitrogens with zero attached hydrogens (tertiary/aromatic N) is 2. The topological polar surface area (TPSA) is 63.7 Å². The molecule has 19 heavy (non-hydrogen) atoms. The molecule has 0 aromatic carbocycles. The summed E-state index contributed by atoms with van der Waals surface area (Å²) in [6, 6.07) is 3.32. The SMILES string of the molecule is COc1ccc(NC(=O)[C@@H]2C[C@H](OC)CN2C)cn1. The molecule has 1 aliphatic heterocycles. The first-order chi connectivity index (χ1) is 9.13. The third-order valence-corrected chi connectivity index (χ3v) is 3.36. The summed E-state index contributed by atoms with van der Waals surface area (Å²) in [4.78, 5) is 18.2. The molecule has 1 aromatic heterocycles. The predicted molar refractivity (Wildman–Crippen MR) is 71.3 cm³/mol. The zero-order valence-corrected chi connectivity index (χ0v) is 11.4. The van der Waals surface area contributed by atoms with Crippen LogP contribution >= 0.6 is 0 Å². The van der Waals surface area contributed by atoms with Crippen LogP contribution in [-0.4, -0.2) is 55.7 Å². The van der Waals surface area contributed by atoms with Crippen LogP contribution in [0.1, 0.15) is 6.42 Å². The molecule has 1 aromatic rings. The lowest BCUT2D eigenvalue weighted by Crippen LogP contribution is -2.37. The Kier molecular flexibility index (Phi) is 4.34. The monoisotopic (exact) mass is 265 g/mol. The minimum absolute atomic E-state index is 0.0333. The summed E-state index contributed by atoms with van der Waals surface area (Å²) in [6.45, 7) is 0.773. The van der Waals surface area contributed by atoms with E-state index in [1.54, 1.807) is 32.5 Å². The number of likely N-dealkylation sites (tertiary alicyclic amines) is 1. The van der Waals surface area contributed by atoms with E-state index in [1.807, 2.05) is 11.9 Å². The highest BCUT2D eigenvalue weighted by molar-refractivity contribution is 5.94. The lowest BCUT2D eigenvalue weighted by atomic mass is 10.2. The molecule has 0 unspecified atom stereocenters. The summed E-state index contributed by atoms with van der Waals surface area (Å²) in [5.74, 6) is 0.490. The standard InChI is InChI=1S/C13H19N3O3/c1-16-8-10(18-2)6-11(16)13(17)15-9-4-5-12(19-3)14-7-9/h4-5,7,10-11H,6,8H2,1-3H3,(H,15,17)/t10-,11-/m0/s1. The molecule has 1 aliphatic rings. The number of carbonyl (C=O) groups excluding carboxylic acids is 1. The van der Waals surface area contributed by atoms with Crippen LogP contribution in [0.25, 0.3) is 0 Å². The number of pyridine rings is 1. The second-order valence-electron chi connectivity index (χ2n) is 4.63. The fraction of sp³-hybridized carbons (Fsp3) is 0.538. The van der Waals surface area contributed by atoms with Gasteiger partial charge in [0.1, 0.15) is 0 Å². The molecule has 0 aliphatic carbocycles. The molecular formula is C13H19N3O3. The summed E-state index contributed by atoms with van der Waals surface area (Å²) in [6.07, 6.45) is 2.41. The van der Waals surface area contributed by atoms with Crippen molar-refractivity contribution in [2.24, 2.45) is 0 Å². The molecular weight excluding hydrogens is 246 g/mol. The van der Waals surface area contributed by atoms with E-state index in [0.29, 0.717) is 18.0 Å². The molecule has 1 saturated heterocycles. The van der Waals surface area contributed by atoms with E-state index in [-0.39, 0.29) is 18.1 Å². The van der Waals surface area contributed by atoms with Crippen LogP contribution in [0.15, 0.2) is 18.3 Å². The number of aromatic nitrogens is 1. The van der Waals surface area contributed by atoms with E-state index in [9.17, 15) is 4.79 Å². The van der Waals surface area contributed by atoms with Gasteiger partial charge in [-0.15, -0.1) is 0 Å². The van der Waals surface area contributed by atoms with E-state index in [2.05, 4.69) is 10.3 Å². The van der Waals surface area contributed by atoms with Gasteiger partial charge in [0, 0.05) is 19.7 Å². The summed E-state index contributed by atoms with van der Waals surface area (Å²) in [7, 11) is 5.15.